The van der Waals surface area contributed by atoms with Gasteiger partial charge in [0.05, 0.1) is 23.9 Å². The molecule has 1 aliphatic heterocycles. The number of carbonyl (C=O) groups is 1. The summed E-state index contributed by atoms with van der Waals surface area (Å²) in [5.41, 5.74) is 0. The molecule has 0 aromatic heterocycles. The van der Waals surface area contributed by atoms with Crippen LogP contribution in [0.2, 0.25) is 0 Å². The Morgan fingerprint density at radius 1 is 1.32 bits per heavy atom. The molecule has 0 saturated heterocycles. The molecule has 0 spiro atoms. The molecule has 1 heterocycles. The van der Waals surface area contributed by atoms with E-state index >= 15 is 0 Å². The smallest absolute Gasteiger partial charge is 0.487 e. The summed E-state index contributed by atoms with van der Waals surface area (Å²) in [5.74, 6) is -0.211. The summed E-state index contributed by atoms with van der Waals surface area (Å²) in [7, 11) is 0. The molecule has 1 unspecified atom stereocenters. The number of hydrogen-bond donors (Lipinski definition) is 0. The Hall–Kier alpha value is -1.43. The fourth-order valence-corrected chi connectivity index (χ4v) is 2.06. The van der Waals surface area contributed by atoms with Gasteiger partial charge in [0.15, 0.2) is 0 Å². The Labute approximate surface area is 141 Å². The molecule has 0 fully saturated rings. The van der Waals surface area contributed by atoms with Crippen molar-refractivity contribution < 1.29 is 40.8 Å². The molecule has 1 atom stereocenters. The van der Waals surface area contributed by atoms with Crippen molar-refractivity contribution >= 4 is 6.09 Å². The van der Waals surface area contributed by atoms with Gasteiger partial charge in [-0.05, 0) is 20.8 Å². The zero-order valence-electron chi connectivity index (χ0n) is 13.1. The van der Waals surface area contributed by atoms with Gasteiger partial charge < -0.3 is 23.8 Å². The number of amides is 1. The Morgan fingerprint density at radius 2 is 2.00 bits per heavy atom. The number of benzene rings is 1. The molecular formula is C15H20CuNO5. The van der Waals surface area contributed by atoms with E-state index in [-0.39, 0.29) is 22.8 Å². The maximum Gasteiger partial charge on any atom is 1.00 e. The van der Waals surface area contributed by atoms with Crippen molar-refractivity contribution in [2.75, 3.05) is 19.7 Å². The second-order valence-corrected chi connectivity index (χ2v) is 4.54. The van der Waals surface area contributed by atoms with Crippen LogP contribution in [0.3, 0.4) is 0 Å². The van der Waals surface area contributed by atoms with Crippen LogP contribution < -0.4 is 14.2 Å². The summed E-state index contributed by atoms with van der Waals surface area (Å²) in [6.45, 7) is 8.84. The van der Waals surface area contributed by atoms with Crippen LogP contribution in [0.5, 0.6) is 17.2 Å². The molecule has 1 aromatic rings. The number of nitrogens with zero attached hydrogens (tertiary/aromatic N) is 1. The molecule has 1 amide bonds. The summed E-state index contributed by atoms with van der Waals surface area (Å²) in [4.78, 5) is 13.6. The first kappa shape index (κ1) is 18.6. The Morgan fingerprint density at radius 3 is 2.59 bits per heavy atom. The predicted octanol–water partition coefficient (Wildman–Crippen LogP) is 2.81. The second kappa shape index (κ2) is 7.72. The molecule has 0 bridgehead atoms. The van der Waals surface area contributed by atoms with E-state index in [1.165, 1.54) is 0 Å². The molecule has 0 N–H and O–H groups in total. The van der Waals surface area contributed by atoms with Gasteiger partial charge in [-0.15, -0.1) is 12.1 Å². The standard InChI is InChI=1S/C15H20NO5.Cu/c1-5-16(6-2)14(17)19-11-9-8-10-12-13(11)21-15(4,20-12)18-7-3;/h8,10H,5-7H2,1-4H3;/q-1;+1. The molecule has 0 radical (unpaired) electrons. The van der Waals surface area contributed by atoms with Gasteiger partial charge in [0.1, 0.15) is 0 Å². The molecule has 0 saturated carbocycles. The molecule has 2 rings (SSSR count). The van der Waals surface area contributed by atoms with Crippen molar-refractivity contribution in [1.29, 1.82) is 0 Å². The largest absolute Gasteiger partial charge is 1.00 e. The summed E-state index contributed by atoms with van der Waals surface area (Å²) in [5, 5.41) is 0. The van der Waals surface area contributed by atoms with E-state index in [0.29, 0.717) is 31.2 Å². The van der Waals surface area contributed by atoms with Crippen molar-refractivity contribution in [1.82, 2.24) is 4.90 Å². The van der Waals surface area contributed by atoms with E-state index in [9.17, 15) is 4.79 Å². The van der Waals surface area contributed by atoms with Crippen molar-refractivity contribution in [2.45, 2.75) is 33.7 Å². The van der Waals surface area contributed by atoms with Gasteiger partial charge in [0, 0.05) is 20.0 Å². The summed E-state index contributed by atoms with van der Waals surface area (Å²) < 4.78 is 22.0. The van der Waals surface area contributed by atoms with Crippen LogP contribution in [0.25, 0.3) is 0 Å². The van der Waals surface area contributed by atoms with Gasteiger partial charge in [-0.25, -0.2) is 4.79 Å². The quantitative estimate of drug-likeness (QED) is 0.599. The van der Waals surface area contributed by atoms with E-state index in [4.69, 9.17) is 18.9 Å². The molecule has 1 aliphatic rings. The van der Waals surface area contributed by atoms with Crippen LogP contribution in [0, 0.1) is 6.07 Å². The minimum Gasteiger partial charge on any atom is -0.487 e. The zero-order chi connectivity index (χ0) is 15.5. The van der Waals surface area contributed by atoms with Gasteiger partial charge >= 0.3 is 29.1 Å². The molecule has 126 valence electrons. The third-order valence-electron chi connectivity index (χ3n) is 3.08. The summed E-state index contributed by atoms with van der Waals surface area (Å²) in [6.07, 6.45) is -0.446. The van der Waals surface area contributed by atoms with Gasteiger partial charge in [-0.1, -0.05) is 0 Å². The van der Waals surface area contributed by atoms with E-state index in [2.05, 4.69) is 6.07 Å². The van der Waals surface area contributed by atoms with Crippen molar-refractivity contribution in [3.63, 3.8) is 0 Å². The number of carbonyl (C=O) groups excluding carboxylic acids is 1. The number of ether oxygens (including phenoxy) is 4. The number of fused-ring (bicyclic) bond motifs is 1. The minimum absolute atomic E-state index is 0. The van der Waals surface area contributed by atoms with Gasteiger partial charge in [0.2, 0.25) is 0 Å². The average Bonchev–Trinajstić information content (AvgIpc) is 2.78. The maximum atomic E-state index is 12.0. The Kier molecular flexibility index (Phi) is 6.53. The van der Waals surface area contributed by atoms with Crippen molar-refractivity contribution in [3.8, 4) is 17.2 Å². The summed E-state index contributed by atoms with van der Waals surface area (Å²) in [6, 6.07) is 6.16. The first-order valence-corrected chi connectivity index (χ1v) is 7.06. The fraction of sp³-hybridized carbons (Fsp3) is 0.533. The number of hydrogen-bond acceptors (Lipinski definition) is 5. The number of rotatable bonds is 5. The zero-order valence-corrected chi connectivity index (χ0v) is 14.0. The average molecular weight is 358 g/mol. The van der Waals surface area contributed by atoms with Gasteiger partial charge in [0.25, 0.3) is 0 Å². The maximum absolute atomic E-state index is 12.0. The molecule has 7 heteroatoms. The van der Waals surface area contributed by atoms with Crippen LogP contribution >= 0.6 is 0 Å². The fourth-order valence-electron chi connectivity index (χ4n) is 2.06. The minimum atomic E-state index is -1.21. The molecule has 6 nitrogen and oxygen atoms in total. The van der Waals surface area contributed by atoms with Crippen LogP contribution in [-0.4, -0.2) is 36.7 Å². The predicted molar refractivity (Wildman–Crippen MR) is 75.5 cm³/mol. The van der Waals surface area contributed by atoms with E-state index in [0.717, 1.165) is 0 Å². The van der Waals surface area contributed by atoms with E-state index < -0.39 is 12.1 Å². The van der Waals surface area contributed by atoms with Gasteiger partial charge in [-0.3, -0.25) is 0 Å². The van der Waals surface area contributed by atoms with Crippen LogP contribution in [0.4, 0.5) is 4.79 Å². The van der Waals surface area contributed by atoms with Crippen molar-refractivity contribution in [3.05, 3.63) is 18.2 Å². The topological polar surface area (TPSA) is 57.2 Å². The first-order chi connectivity index (χ1) is 10.0. The van der Waals surface area contributed by atoms with Gasteiger partial charge in [-0.2, -0.15) is 6.07 Å². The molecular weight excluding hydrogens is 338 g/mol. The molecule has 22 heavy (non-hydrogen) atoms. The van der Waals surface area contributed by atoms with Crippen LogP contribution in [-0.2, 0) is 21.8 Å². The third-order valence-corrected chi connectivity index (χ3v) is 3.08. The van der Waals surface area contributed by atoms with Crippen molar-refractivity contribution in [2.24, 2.45) is 0 Å². The van der Waals surface area contributed by atoms with Crippen LogP contribution in [0.1, 0.15) is 27.7 Å². The monoisotopic (exact) mass is 357 g/mol. The first-order valence-electron chi connectivity index (χ1n) is 7.06. The summed E-state index contributed by atoms with van der Waals surface area (Å²) >= 11 is 0. The Bertz CT molecular complexity index is 521. The van der Waals surface area contributed by atoms with E-state index in [1.807, 2.05) is 20.8 Å². The van der Waals surface area contributed by atoms with Crippen LogP contribution in [0.15, 0.2) is 12.1 Å². The second-order valence-electron chi connectivity index (χ2n) is 4.54. The normalized spacial score (nSPS) is 18.5. The molecule has 1 aromatic carbocycles. The SMILES string of the molecule is CCOC1(C)Oc2cc[c-]c(OC(=O)N(CC)CC)c2O1.[Cu+]. The Balaban J connectivity index is 0.00000242. The molecule has 0 aliphatic carbocycles. The van der Waals surface area contributed by atoms with E-state index in [1.54, 1.807) is 24.0 Å². The third kappa shape index (κ3) is 3.85.